The van der Waals surface area contributed by atoms with E-state index in [0.717, 1.165) is 49.1 Å². The summed E-state index contributed by atoms with van der Waals surface area (Å²) in [5.74, 6) is 1.73. The van der Waals surface area contributed by atoms with E-state index in [1.165, 1.54) is 0 Å². The van der Waals surface area contributed by atoms with Gasteiger partial charge in [0.25, 0.3) is 0 Å². The molecule has 6 nitrogen and oxygen atoms in total. The Morgan fingerprint density at radius 1 is 0.824 bits per heavy atom. The molecule has 34 heavy (non-hydrogen) atoms. The van der Waals surface area contributed by atoms with E-state index in [1.54, 1.807) is 22.6 Å². The van der Waals surface area contributed by atoms with Gasteiger partial charge >= 0.3 is 0 Å². The molecule has 7 rings (SSSR count). The monoisotopic (exact) mass is 477 g/mol. The Morgan fingerprint density at radius 3 is 2.56 bits per heavy atom. The van der Waals surface area contributed by atoms with Crippen LogP contribution in [0.25, 0.3) is 39.1 Å². The zero-order valence-electron chi connectivity index (χ0n) is 17.6. The van der Waals surface area contributed by atoms with Gasteiger partial charge in [-0.25, -0.2) is 14.5 Å². The molecule has 0 saturated carbocycles. The van der Waals surface area contributed by atoms with Gasteiger partial charge in [-0.2, -0.15) is 4.98 Å². The van der Waals surface area contributed by atoms with E-state index in [9.17, 15) is 0 Å². The Morgan fingerprint density at radius 2 is 1.65 bits per heavy atom. The molecule has 1 aliphatic heterocycles. The van der Waals surface area contributed by atoms with Gasteiger partial charge in [0.15, 0.2) is 11.3 Å². The Bertz CT molecular complexity index is 1790. The molecule has 6 aromatic rings. The zero-order valence-corrected chi connectivity index (χ0v) is 19.2. The number of hydrogen-bond donors (Lipinski definition) is 1. The van der Waals surface area contributed by atoms with E-state index in [0.29, 0.717) is 16.1 Å². The fraction of sp³-hybridized carbons (Fsp3) is 0. The quantitative estimate of drug-likeness (QED) is 0.272. The number of fused-ring (bicyclic) bond motifs is 5. The van der Waals surface area contributed by atoms with Crippen molar-refractivity contribution in [3.8, 4) is 33.9 Å². The maximum atomic E-state index is 6.10. The fourth-order valence-corrected chi connectivity index (χ4v) is 5.40. The molecule has 0 atom stereocenters. The van der Waals surface area contributed by atoms with Crippen LogP contribution in [0.4, 0.5) is 0 Å². The van der Waals surface area contributed by atoms with Crippen LogP contribution >= 0.6 is 24.0 Å². The van der Waals surface area contributed by atoms with Crippen LogP contribution in [0.5, 0.6) is 11.5 Å². The van der Waals surface area contributed by atoms with Gasteiger partial charge in [0.2, 0.25) is 4.77 Å². The topological polar surface area (TPSA) is 68.1 Å². The van der Waals surface area contributed by atoms with Crippen LogP contribution in [-0.4, -0.2) is 24.6 Å². The van der Waals surface area contributed by atoms with Crippen molar-refractivity contribution >= 4 is 40.7 Å². The maximum Gasteiger partial charge on any atom is 0.214 e. The molecule has 3 aromatic carbocycles. The number of para-hydroxylation sites is 1. The van der Waals surface area contributed by atoms with E-state index in [1.807, 2.05) is 48.5 Å². The minimum atomic E-state index is 0.407. The van der Waals surface area contributed by atoms with Gasteiger partial charge in [0.1, 0.15) is 17.8 Å². The lowest BCUT2D eigenvalue weighted by Gasteiger charge is -2.20. The van der Waals surface area contributed by atoms with Crippen molar-refractivity contribution in [2.24, 2.45) is 0 Å². The molecular formula is C26H15N5OS2. The summed E-state index contributed by atoms with van der Waals surface area (Å²) in [4.78, 5) is 16.2. The predicted molar refractivity (Wildman–Crippen MR) is 135 cm³/mol. The zero-order chi connectivity index (χ0) is 22.6. The number of rotatable bonds is 2. The summed E-state index contributed by atoms with van der Waals surface area (Å²) in [6.07, 6.45) is 1.67. The Hall–Kier alpha value is -4.01. The second-order valence-electron chi connectivity index (χ2n) is 7.90. The summed E-state index contributed by atoms with van der Waals surface area (Å²) in [5, 5.41) is 3.89. The lowest BCUT2D eigenvalue weighted by molar-refractivity contribution is 0.454. The lowest BCUT2D eigenvalue weighted by atomic mass is 10.00. The van der Waals surface area contributed by atoms with Crippen LogP contribution < -0.4 is 4.74 Å². The average Bonchev–Trinajstić information content (AvgIpc) is 3.27. The van der Waals surface area contributed by atoms with Gasteiger partial charge < -0.3 is 4.74 Å². The number of H-pyrrole nitrogens is 1. The molecule has 3 aromatic heterocycles. The van der Waals surface area contributed by atoms with Crippen LogP contribution in [0.15, 0.2) is 95.0 Å². The highest BCUT2D eigenvalue weighted by molar-refractivity contribution is 7.99. The molecule has 0 spiro atoms. The normalized spacial score (nSPS) is 12.4. The van der Waals surface area contributed by atoms with Crippen molar-refractivity contribution in [1.82, 2.24) is 24.6 Å². The van der Waals surface area contributed by atoms with Crippen molar-refractivity contribution in [3.63, 3.8) is 0 Å². The molecular weight excluding hydrogens is 462 g/mol. The highest BCUT2D eigenvalue weighted by Crippen LogP contribution is 2.48. The third-order valence-electron chi connectivity index (χ3n) is 5.78. The van der Waals surface area contributed by atoms with Gasteiger partial charge in [-0.05, 0) is 59.7 Å². The third kappa shape index (κ3) is 3.11. The Labute approximate surface area is 203 Å². The van der Waals surface area contributed by atoms with Crippen molar-refractivity contribution in [2.75, 3.05) is 0 Å². The standard InChI is InChI=1S/C26H15N5OS2/c33-26-29-25-23-17(15-6-2-1-3-7-15)13-18(28-24(23)27-14-31(25)30-26)16-10-11-20-22(12-16)34-21-9-5-4-8-19(21)32-20/h1-14H,(H,30,33). The first-order valence-electron chi connectivity index (χ1n) is 10.7. The summed E-state index contributed by atoms with van der Waals surface area (Å²) in [6.45, 7) is 0. The number of pyridine rings is 1. The summed E-state index contributed by atoms with van der Waals surface area (Å²) >= 11 is 6.98. The highest BCUT2D eigenvalue weighted by Gasteiger charge is 2.20. The number of nitrogens with zero attached hydrogens (tertiary/aromatic N) is 4. The summed E-state index contributed by atoms with van der Waals surface area (Å²) in [5.41, 5.74) is 5.21. The molecule has 1 aliphatic rings. The van der Waals surface area contributed by atoms with Crippen LogP contribution in [0.2, 0.25) is 0 Å². The van der Waals surface area contributed by atoms with Gasteiger partial charge in [-0.3, -0.25) is 5.10 Å². The molecule has 162 valence electrons. The molecule has 8 heteroatoms. The fourth-order valence-electron chi connectivity index (χ4n) is 4.23. The first-order chi connectivity index (χ1) is 16.7. The molecule has 0 radical (unpaired) electrons. The first kappa shape index (κ1) is 19.5. The van der Waals surface area contributed by atoms with E-state index < -0.39 is 0 Å². The summed E-state index contributed by atoms with van der Waals surface area (Å²) in [6, 6.07) is 26.6. The Kier molecular flexibility index (Phi) is 4.30. The van der Waals surface area contributed by atoms with Crippen LogP contribution in [0.1, 0.15) is 0 Å². The second kappa shape index (κ2) is 7.51. The lowest BCUT2D eigenvalue weighted by Crippen LogP contribution is -1.98. The third-order valence-corrected chi connectivity index (χ3v) is 7.06. The number of benzene rings is 3. The van der Waals surface area contributed by atoms with Crippen LogP contribution in [0.3, 0.4) is 0 Å². The van der Waals surface area contributed by atoms with E-state index in [4.69, 9.17) is 21.9 Å². The number of ether oxygens (including phenoxy) is 1. The molecule has 4 heterocycles. The summed E-state index contributed by atoms with van der Waals surface area (Å²) < 4.78 is 8.25. The largest absolute Gasteiger partial charge is 0.455 e. The smallest absolute Gasteiger partial charge is 0.214 e. The van der Waals surface area contributed by atoms with Gasteiger partial charge in [-0.1, -0.05) is 54.2 Å². The van der Waals surface area contributed by atoms with Crippen LogP contribution in [-0.2, 0) is 0 Å². The number of nitrogens with one attached hydrogen (secondary N) is 1. The van der Waals surface area contributed by atoms with Crippen molar-refractivity contribution in [3.05, 3.63) is 90.0 Å². The molecule has 0 aliphatic carbocycles. The van der Waals surface area contributed by atoms with Crippen molar-refractivity contribution in [2.45, 2.75) is 9.79 Å². The first-order valence-corrected chi connectivity index (χ1v) is 11.9. The van der Waals surface area contributed by atoms with Crippen LogP contribution in [0, 0.1) is 4.77 Å². The molecule has 1 N–H and O–H groups in total. The molecule has 0 amide bonds. The maximum absolute atomic E-state index is 6.10. The highest BCUT2D eigenvalue weighted by atomic mass is 32.2. The minimum absolute atomic E-state index is 0.407. The SMILES string of the molecule is S=c1nc2c3c(-c4ccccc4)cc(-c4ccc5c(c4)Sc4ccccc4O5)nc3ncn2[nH]1. The van der Waals surface area contributed by atoms with Crippen molar-refractivity contribution < 1.29 is 4.74 Å². The van der Waals surface area contributed by atoms with E-state index in [2.05, 4.69) is 45.4 Å². The number of aromatic nitrogens is 5. The molecule has 0 saturated heterocycles. The minimum Gasteiger partial charge on any atom is -0.455 e. The molecule has 0 fully saturated rings. The predicted octanol–water partition coefficient (Wildman–Crippen LogP) is 6.93. The van der Waals surface area contributed by atoms with Crippen molar-refractivity contribution in [1.29, 1.82) is 0 Å². The van der Waals surface area contributed by atoms with Gasteiger partial charge in [0, 0.05) is 5.56 Å². The van der Waals surface area contributed by atoms with Gasteiger partial charge in [0.05, 0.1) is 20.9 Å². The molecule has 0 unspecified atom stereocenters. The van der Waals surface area contributed by atoms with E-state index >= 15 is 0 Å². The number of aromatic amines is 1. The Balaban J connectivity index is 1.45. The number of hydrogen-bond acceptors (Lipinski definition) is 6. The molecule has 0 bridgehead atoms. The van der Waals surface area contributed by atoms with Gasteiger partial charge in [-0.15, -0.1) is 0 Å². The summed E-state index contributed by atoms with van der Waals surface area (Å²) in [7, 11) is 0. The van der Waals surface area contributed by atoms with E-state index in [-0.39, 0.29) is 0 Å². The second-order valence-corrected chi connectivity index (χ2v) is 9.37. The average molecular weight is 478 g/mol.